The molecular weight excluding hydrogens is 214 g/mol. The number of hydrogen-bond acceptors (Lipinski definition) is 3. The molecule has 1 aromatic heterocycles. The third-order valence-electron chi connectivity index (χ3n) is 2.61. The van der Waals surface area contributed by atoms with Gasteiger partial charge in [-0.3, -0.25) is 0 Å². The van der Waals surface area contributed by atoms with Crippen molar-refractivity contribution in [3.8, 4) is 11.4 Å². The quantitative estimate of drug-likeness (QED) is 0.879. The maximum atomic E-state index is 5.97. The van der Waals surface area contributed by atoms with Crippen molar-refractivity contribution in [1.29, 1.82) is 0 Å². The third kappa shape index (κ3) is 2.25. The molecule has 2 rings (SSSR count). The van der Waals surface area contributed by atoms with Crippen LogP contribution in [0.1, 0.15) is 19.0 Å². The van der Waals surface area contributed by atoms with Crippen molar-refractivity contribution in [2.24, 2.45) is 0 Å². The lowest BCUT2D eigenvalue weighted by atomic mass is 10.2. The van der Waals surface area contributed by atoms with Gasteiger partial charge in [0.05, 0.1) is 12.8 Å². The molecule has 0 aliphatic carbocycles. The summed E-state index contributed by atoms with van der Waals surface area (Å²) in [7, 11) is 1.64. The van der Waals surface area contributed by atoms with E-state index in [-0.39, 0.29) is 0 Å². The van der Waals surface area contributed by atoms with Gasteiger partial charge in [0.1, 0.15) is 17.3 Å². The number of benzene rings is 1. The summed E-state index contributed by atoms with van der Waals surface area (Å²) in [6, 6.07) is 9.62. The first kappa shape index (κ1) is 11.5. The van der Waals surface area contributed by atoms with Gasteiger partial charge in [0.15, 0.2) is 0 Å². The monoisotopic (exact) mass is 231 g/mol. The lowest BCUT2D eigenvalue weighted by molar-refractivity contribution is 0.412. The molecule has 0 saturated heterocycles. The molecule has 90 valence electrons. The fourth-order valence-electron chi connectivity index (χ4n) is 1.82. The standard InChI is InChI=1S/C13H17N3O/c1-3-6-10-9-13(14)16(15-10)11-7-4-5-8-12(11)17-2/h4-5,7-9H,3,6,14H2,1-2H3. The summed E-state index contributed by atoms with van der Waals surface area (Å²) in [4.78, 5) is 0. The first-order valence-corrected chi connectivity index (χ1v) is 5.74. The van der Waals surface area contributed by atoms with Gasteiger partial charge in [0, 0.05) is 6.07 Å². The van der Waals surface area contributed by atoms with Crippen LogP contribution in [0.15, 0.2) is 30.3 Å². The normalized spacial score (nSPS) is 10.5. The number of anilines is 1. The number of ether oxygens (including phenoxy) is 1. The van der Waals surface area contributed by atoms with E-state index in [0.717, 1.165) is 30.0 Å². The van der Waals surface area contributed by atoms with Crippen molar-refractivity contribution in [3.05, 3.63) is 36.0 Å². The fourth-order valence-corrected chi connectivity index (χ4v) is 1.82. The van der Waals surface area contributed by atoms with Crippen molar-refractivity contribution < 1.29 is 4.74 Å². The summed E-state index contributed by atoms with van der Waals surface area (Å²) < 4.78 is 7.03. The highest BCUT2D eigenvalue weighted by atomic mass is 16.5. The number of aromatic nitrogens is 2. The Morgan fingerprint density at radius 1 is 1.35 bits per heavy atom. The van der Waals surface area contributed by atoms with Crippen LogP contribution in [0.5, 0.6) is 5.75 Å². The van der Waals surface area contributed by atoms with Crippen molar-refractivity contribution in [2.75, 3.05) is 12.8 Å². The Labute approximate surface area is 101 Å². The molecule has 0 fully saturated rings. The van der Waals surface area contributed by atoms with Gasteiger partial charge < -0.3 is 10.5 Å². The number of nitrogen functional groups attached to an aromatic ring is 1. The van der Waals surface area contributed by atoms with Crippen LogP contribution in [0.2, 0.25) is 0 Å². The van der Waals surface area contributed by atoms with Crippen molar-refractivity contribution >= 4 is 5.82 Å². The first-order valence-electron chi connectivity index (χ1n) is 5.74. The van der Waals surface area contributed by atoms with Gasteiger partial charge in [-0.2, -0.15) is 5.10 Å². The summed E-state index contributed by atoms with van der Waals surface area (Å²) in [6.07, 6.45) is 1.99. The molecule has 4 heteroatoms. The summed E-state index contributed by atoms with van der Waals surface area (Å²) in [5.74, 6) is 1.41. The van der Waals surface area contributed by atoms with Crippen LogP contribution in [-0.4, -0.2) is 16.9 Å². The van der Waals surface area contributed by atoms with E-state index in [0.29, 0.717) is 5.82 Å². The van der Waals surface area contributed by atoms with E-state index in [1.807, 2.05) is 30.3 Å². The van der Waals surface area contributed by atoms with E-state index in [9.17, 15) is 0 Å². The predicted octanol–water partition coefficient (Wildman–Crippen LogP) is 2.42. The second kappa shape index (κ2) is 4.91. The molecule has 2 aromatic rings. The minimum absolute atomic E-state index is 0.637. The number of nitrogens with two attached hydrogens (primary N) is 1. The van der Waals surface area contributed by atoms with Gasteiger partial charge in [-0.05, 0) is 18.6 Å². The smallest absolute Gasteiger partial charge is 0.144 e. The van der Waals surface area contributed by atoms with E-state index in [2.05, 4.69) is 12.0 Å². The number of hydrogen-bond donors (Lipinski definition) is 1. The van der Waals surface area contributed by atoms with Gasteiger partial charge in [-0.1, -0.05) is 25.5 Å². The molecule has 0 unspecified atom stereocenters. The van der Waals surface area contributed by atoms with Crippen LogP contribution >= 0.6 is 0 Å². The molecule has 0 radical (unpaired) electrons. The van der Waals surface area contributed by atoms with E-state index >= 15 is 0 Å². The van der Waals surface area contributed by atoms with E-state index in [1.165, 1.54) is 0 Å². The Morgan fingerprint density at radius 2 is 2.12 bits per heavy atom. The average Bonchev–Trinajstić information content (AvgIpc) is 2.70. The van der Waals surface area contributed by atoms with E-state index < -0.39 is 0 Å². The predicted molar refractivity (Wildman–Crippen MR) is 68.5 cm³/mol. The molecule has 17 heavy (non-hydrogen) atoms. The second-order valence-electron chi connectivity index (χ2n) is 3.89. The number of nitrogens with zero attached hydrogens (tertiary/aromatic N) is 2. The van der Waals surface area contributed by atoms with Crippen molar-refractivity contribution in [3.63, 3.8) is 0 Å². The highest BCUT2D eigenvalue weighted by molar-refractivity contribution is 5.51. The van der Waals surface area contributed by atoms with E-state index in [4.69, 9.17) is 10.5 Å². The minimum Gasteiger partial charge on any atom is -0.494 e. The number of methoxy groups -OCH3 is 1. The summed E-state index contributed by atoms with van der Waals surface area (Å²) >= 11 is 0. The fraction of sp³-hybridized carbons (Fsp3) is 0.308. The molecule has 2 N–H and O–H groups in total. The molecule has 0 aliphatic heterocycles. The molecular formula is C13H17N3O. The highest BCUT2D eigenvalue weighted by Crippen LogP contribution is 2.24. The topological polar surface area (TPSA) is 53.1 Å². The number of rotatable bonds is 4. The maximum Gasteiger partial charge on any atom is 0.144 e. The van der Waals surface area contributed by atoms with Crippen LogP contribution in [0.25, 0.3) is 5.69 Å². The zero-order valence-corrected chi connectivity index (χ0v) is 10.2. The van der Waals surface area contributed by atoms with Crippen LogP contribution in [0.4, 0.5) is 5.82 Å². The Bertz CT molecular complexity index is 505. The Balaban J connectivity index is 2.45. The third-order valence-corrected chi connectivity index (χ3v) is 2.61. The van der Waals surface area contributed by atoms with Gasteiger partial charge in [-0.25, -0.2) is 4.68 Å². The molecule has 0 spiro atoms. The molecule has 0 aliphatic rings. The second-order valence-corrected chi connectivity index (χ2v) is 3.89. The van der Waals surface area contributed by atoms with Crippen LogP contribution in [0.3, 0.4) is 0 Å². The van der Waals surface area contributed by atoms with Crippen LogP contribution < -0.4 is 10.5 Å². The summed E-state index contributed by atoms with van der Waals surface area (Å²) in [5.41, 5.74) is 7.85. The maximum absolute atomic E-state index is 5.97. The summed E-state index contributed by atoms with van der Waals surface area (Å²) in [5, 5.41) is 4.49. The van der Waals surface area contributed by atoms with Crippen molar-refractivity contribution in [2.45, 2.75) is 19.8 Å². The van der Waals surface area contributed by atoms with E-state index in [1.54, 1.807) is 11.8 Å². The zero-order valence-electron chi connectivity index (χ0n) is 10.2. The Morgan fingerprint density at radius 3 is 2.82 bits per heavy atom. The molecule has 0 bridgehead atoms. The number of para-hydroxylation sites is 2. The molecule has 0 amide bonds. The lowest BCUT2D eigenvalue weighted by Gasteiger charge is -2.09. The molecule has 4 nitrogen and oxygen atoms in total. The van der Waals surface area contributed by atoms with Gasteiger partial charge in [0.25, 0.3) is 0 Å². The number of aryl methyl sites for hydroxylation is 1. The van der Waals surface area contributed by atoms with Gasteiger partial charge >= 0.3 is 0 Å². The Kier molecular flexibility index (Phi) is 3.32. The molecule has 0 atom stereocenters. The first-order chi connectivity index (χ1) is 8.26. The molecule has 0 saturated carbocycles. The van der Waals surface area contributed by atoms with Crippen LogP contribution in [-0.2, 0) is 6.42 Å². The minimum atomic E-state index is 0.637. The van der Waals surface area contributed by atoms with Crippen LogP contribution in [0, 0.1) is 0 Å². The van der Waals surface area contributed by atoms with Gasteiger partial charge in [-0.15, -0.1) is 0 Å². The lowest BCUT2D eigenvalue weighted by Crippen LogP contribution is -2.03. The highest BCUT2D eigenvalue weighted by Gasteiger charge is 2.10. The van der Waals surface area contributed by atoms with Gasteiger partial charge in [0.2, 0.25) is 0 Å². The SMILES string of the molecule is CCCc1cc(N)n(-c2ccccc2OC)n1. The Hall–Kier alpha value is -1.97. The molecule has 1 aromatic carbocycles. The largest absolute Gasteiger partial charge is 0.494 e. The average molecular weight is 231 g/mol. The zero-order chi connectivity index (χ0) is 12.3. The summed E-state index contributed by atoms with van der Waals surface area (Å²) in [6.45, 7) is 2.12. The molecule has 1 heterocycles. The van der Waals surface area contributed by atoms with Crippen molar-refractivity contribution in [1.82, 2.24) is 9.78 Å².